The lowest BCUT2D eigenvalue weighted by Crippen LogP contribution is -1.92. The fourth-order valence-electron chi connectivity index (χ4n) is 0.931. The van der Waals surface area contributed by atoms with E-state index in [-0.39, 0.29) is 17.1 Å². The molecule has 1 heterocycles. The zero-order chi connectivity index (χ0) is 11.3. The standard InChI is InChI=1S/C9H6ClN3O2/c10-9-7(3-1-2-4-11)5-12-6-8(9)13(14)15/h1,3,5-6H,2H2. The zero-order valence-corrected chi connectivity index (χ0v) is 8.31. The van der Waals surface area contributed by atoms with Crippen LogP contribution in [0.25, 0.3) is 6.08 Å². The molecule has 6 heteroatoms. The highest BCUT2D eigenvalue weighted by atomic mass is 35.5. The number of nitriles is 1. The first-order valence-electron chi connectivity index (χ1n) is 3.98. The average Bonchev–Trinajstić information content (AvgIpc) is 2.20. The summed E-state index contributed by atoms with van der Waals surface area (Å²) in [5.74, 6) is 0. The number of allylic oxidation sites excluding steroid dienone is 1. The normalized spacial score (nSPS) is 10.1. The minimum atomic E-state index is -0.600. The number of halogens is 1. The molecule has 76 valence electrons. The maximum atomic E-state index is 10.5. The first-order chi connectivity index (χ1) is 7.16. The van der Waals surface area contributed by atoms with Crippen LogP contribution in [0.3, 0.4) is 0 Å². The van der Waals surface area contributed by atoms with Gasteiger partial charge in [0.2, 0.25) is 0 Å². The van der Waals surface area contributed by atoms with Crippen LogP contribution in [0.15, 0.2) is 18.5 Å². The van der Waals surface area contributed by atoms with Crippen LogP contribution in [0.1, 0.15) is 12.0 Å². The Labute approximate surface area is 90.8 Å². The van der Waals surface area contributed by atoms with E-state index < -0.39 is 4.92 Å². The minimum absolute atomic E-state index is 0.0317. The van der Waals surface area contributed by atoms with Crippen molar-refractivity contribution < 1.29 is 4.92 Å². The van der Waals surface area contributed by atoms with Crippen LogP contribution >= 0.6 is 11.6 Å². The fourth-order valence-corrected chi connectivity index (χ4v) is 1.16. The van der Waals surface area contributed by atoms with Crippen molar-refractivity contribution in [3.05, 3.63) is 39.2 Å². The van der Waals surface area contributed by atoms with Gasteiger partial charge in [-0.3, -0.25) is 15.1 Å². The van der Waals surface area contributed by atoms with Crippen molar-refractivity contribution in [2.75, 3.05) is 0 Å². The molecule has 5 nitrogen and oxygen atoms in total. The first-order valence-corrected chi connectivity index (χ1v) is 4.36. The summed E-state index contributed by atoms with van der Waals surface area (Å²) in [5, 5.41) is 18.8. The second-order valence-electron chi connectivity index (χ2n) is 2.58. The first kappa shape index (κ1) is 11.1. The van der Waals surface area contributed by atoms with Gasteiger partial charge in [0.05, 0.1) is 17.4 Å². The van der Waals surface area contributed by atoms with Crippen molar-refractivity contribution in [3.63, 3.8) is 0 Å². The van der Waals surface area contributed by atoms with Crippen LogP contribution in [-0.2, 0) is 0 Å². The molecule has 0 aliphatic rings. The van der Waals surface area contributed by atoms with Gasteiger partial charge in [-0.25, -0.2) is 0 Å². The van der Waals surface area contributed by atoms with Gasteiger partial charge in [0.1, 0.15) is 11.2 Å². The number of hydrogen-bond donors (Lipinski definition) is 0. The van der Waals surface area contributed by atoms with Gasteiger partial charge in [-0.1, -0.05) is 23.8 Å². The molecule has 0 aliphatic heterocycles. The zero-order valence-electron chi connectivity index (χ0n) is 7.55. The summed E-state index contributed by atoms with van der Waals surface area (Å²) in [5.41, 5.74) is 0.192. The summed E-state index contributed by atoms with van der Waals surface area (Å²) in [6, 6.07) is 1.91. The molecule has 0 N–H and O–H groups in total. The van der Waals surface area contributed by atoms with Crippen LogP contribution in [0, 0.1) is 21.4 Å². The topological polar surface area (TPSA) is 79.8 Å². The Morgan fingerprint density at radius 2 is 2.40 bits per heavy atom. The number of nitrogens with zero attached hydrogens (tertiary/aromatic N) is 3. The Hall–Kier alpha value is -1.93. The van der Waals surface area contributed by atoms with Crippen molar-refractivity contribution in [3.8, 4) is 6.07 Å². The number of aromatic nitrogens is 1. The van der Waals surface area contributed by atoms with Gasteiger partial charge in [0.25, 0.3) is 0 Å². The second-order valence-corrected chi connectivity index (χ2v) is 2.96. The highest BCUT2D eigenvalue weighted by molar-refractivity contribution is 6.34. The fraction of sp³-hybridized carbons (Fsp3) is 0.111. The van der Waals surface area contributed by atoms with Crippen molar-refractivity contribution >= 4 is 23.4 Å². The monoisotopic (exact) mass is 223 g/mol. The van der Waals surface area contributed by atoms with E-state index in [0.29, 0.717) is 5.56 Å². The molecule has 0 saturated heterocycles. The number of rotatable bonds is 3. The van der Waals surface area contributed by atoms with Gasteiger partial charge in [0, 0.05) is 11.8 Å². The van der Waals surface area contributed by atoms with E-state index in [1.807, 2.05) is 6.07 Å². The van der Waals surface area contributed by atoms with E-state index in [4.69, 9.17) is 16.9 Å². The molecule has 0 atom stereocenters. The van der Waals surface area contributed by atoms with Crippen LogP contribution in [-0.4, -0.2) is 9.91 Å². The van der Waals surface area contributed by atoms with Gasteiger partial charge in [-0.05, 0) is 0 Å². The smallest absolute Gasteiger partial charge is 0.258 e. The van der Waals surface area contributed by atoms with Gasteiger partial charge >= 0.3 is 5.69 Å². The van der Waals surface area contributed by atoms with Crippen molar-refractivity contribution in [2.45, 2.75) is 6.42 Å². The molecule has 1 rings (SSSR count). The third-order valence-corrected chi connectivity index (χ3v) is 2.00. The van der Waals surface area contributed by atoms with E-state index in [1.165, 1.54) is 12.3 Å². The third-order valence-electron chi connectivity index (χ3n) is 1.59. The van der Waals surface area contributed by atoms with Gasteiger partial charge < -0.3 is 0 Å². The Morgan fingerprint density at radius 1 is 1.67 bits per heavy atom. The SMILES string of the molecule is N#CCC=Cc1cncc([N+](=O)[O-])c1Cl. The molecular formula is C9H6ClN3O2. The van der Waals surface area contributed by atoms with E-state index in [9.17, 15) is 10.1 Å². The number of hydrogen-bond acceptors (Lipinski definition) is 4. The maximum Gasteiger partial charge on any atom is 0.306 e. The summed E-state index contributed by atoms with van der Waals surface area (Å²) in [6.07, 6.45) is 5.81. The summed E-state index contributed by atoms with van der Waals surface area (Å²) in [6.45, 7) is 0. The molecule has 0 unspecified atom stereocenters. The Bertz CT molecular complexity index is 451. The van der Waals surface area contributed by atoms with Crippen LogP contribution in [0.2, 0.25) is 5.02 Å². The molecule has 0 aliphatic carbocycles. The molecule has 0 bridgehead atoms. The molecular weight excluding hydrogens is 218 g/mol. The van der Waals surface area contributed by atoms with Gasteiger partial charge in [-0.2, -0.15) is 5.26 Å². The summed E-state index contributed by atoms with van der Waals surface area (Å²) in [7, 11) is 0. The largest absolute Gasteiger partial charge is 0.306 e. The van der Waals surface area contributed by atoms with Gasteiger partial charge in [0.15, 0.2) is 0 Å². The Kier molecular flexibility index (Phi) is 3.77. The predicted octanol–water partition coefficient (Wildman–Crippen LogP) is 2.57. The summed E-state index contributed by atoms with van der Waals surface area (Å²) in [4.78, 5) is 13.6. The maximum absolute atomic E-state index is 10.5. The molecule has 1 aromatic rings. The molecule has 0 radical (unpaired) electrons. The van der Waals surface area contributed by atoms with Gasteiger partial charge in [-0.15, -0.1) is 0 Å². The lowest BCUT2D eigenvalue weighted by atomic mass is 10.2. The highest BCUT2D eigenvalue weighted by Gasteiger charge is 2.14. The molecule has 15 heavy (non-hydrogen) atoms. The van der Waals surface area contributed by atoms with Crippen molar-refractivity contribution in [1.82, 2.24) is 4.98 Å². The van der Waals surface area contributed by atoms with Crippen LogP contribution in [0.5, 0.6) is 0 Å². The predicted molar refractivity (Wildman–Crippen MR) is 55.2 cm³/mol. The molecule has 0 fully saturated rings. The molecule has 0 saturated carbocycles. The second kappa shape index (κ2) is 5.08. The average molecular weight is 224 g/mol. The lowest BCUT2D eigenvalue weighted by Gasteiger charge is -1.97. The Morgan fingerprint density at radius 3 is 3.00 bits per heavy atom. The summed E-state index contributed by atoms with van der Waals surface area (Å²) >= 11 is 5.77. The molecule has 0 spiro atoms. The number of nitro groups is 1. The third kappa shape index (κ3) is 2.76. The van der Waals surface area contributed by atoms with Crippen molar-refractivity contribution in [1.29, 1.82) is 5.26 Å². The van der Waals surface area contributed by atoms with Crippen LogP contribution in [0.4, 0.5) is 5.69 Å². The van der Waals surface area contributed by atoms with E-state index in [1.54, 1.807) is 6.08 Å². The highest BCUT2D eigenvalue weighted by Crippen LogP contribution is 2.27. The van der Waals surface area contributed by atoms with Crippen molar-refractivity contribution in [2.24, 2.45) is 0 Å². The molecule has 1 aromatic heterocycles. The Balaban J connectivity index is 3.06. The van der Waals surface area contributed by atoms with Crippen LogP contribution < -0.4 is 0 Å². The molecule has 0 amide bonds. The minimum Gasteiger partial charge on any atom is -0.258 e. The van der Waals surface area contributed by atoms with E-state index in [0.717, 1.165) is 6.20 Å². The lowest BCUT2D eigenvalue weighted by molar-refractivity contribution is -0.385. The number of pyridine rings is 1. The summed E-state index contributed by atoms with van der Waals surface area (Å²) < 4.78 is 0. The van der Waals surface area contributed by atoms with E-state index >= 15 is 0 Å². The molecule has 0 aromatic carbocycles. The van der Waals surface area contributed by atoms with E-state index in [2.05, 4.69) is 4.98 Å². The quantitative estimate of drug-likeness (QED) is 0.583.